The quantitative estimate of drug-likeness (QED) is 0.791. The second-order valence-electron chi connectivity index (χ2n) is 4.74. The monoisotopic (exact) mass is 288 g/mol. The van der Waals surface area contributed by atoms with Crippen molar-refractivity contribution < 1.29 is 9.53 Å². The van der Waals surface area contributed by atoms with Crippen LogP contribution in [0.5, 0.6) is 0 Å². The summed E-state index contributed by atoms with van der Waals surface area (Å²) in [6.07, 6.45) is 1.72. The molecule has 0 aliphatic carbocycles. The van der Waals surface area contributed by atoms with Crippen LogP contribution in [0, 0.1) is 0 Å². The SMILES string of the molecule is CCOCC(C)NC(=O)c1ccn(-c2ccccc2N)n1. The minimum atomic E-state index is -0.226. The van der Waals surface area contributed by atoms with Crippen LogP contribution in [0.1, 0.15) is 24.3 Å². The molecule has 0 bridgehead atoms. The van der Waals surface area contributed by atoms with Gasteiger partial charge in [0.25, 0.3) is 5.91 Å². The van der Waals surface area contributed by atoms with E-state index in [0.29, 0.717) is 24.6 Å². The predicted molar refractivity (Wildman–Crippen MR) is 81.4 cm³/mol. The molecule has 6 heteroatoms. The number of nitrogens with one attached hydrogen (secondary N) is 1. The van der Waals surface area contributed by atoms with Gasteiger partial charge in [0.2, 0.25) is 0 Å². The predicted octanol–water partition coefficient (Wildman–Crippen LogP) is 1.61. The highest BCUT2D eigenvalue weighted by atomic mass is 16.5. The van der Waals surface area contributed by atoms with Gasteiger partial charge in [-0.05, 0) is 32.0 Å². The normalized spacial score (nSPS) is 12.1. The van der Waals surface area contributed by atoms with Gasteiger partial charge in [0.15, 0.2) is 5.69 Å². The zero-order valence-corrected chi connectivity index (χ0v) is 12.2. The molecule has 1 aromatic heterocycles. The zero-order valence-electron chi connectivity index (χ0n) is 12.2. The fraction of sp³-hybridized carbons (Fsp3) is 0.333. The topological polar surface area (TPSA) is 82.2 Å². The van der Waals surface area contributed by atoms with Crippen molar-refractivity contribution in [3.05, 3.63) is 42.2 Å². The van der Waals surface area contributed by atoms with Gasteiger partial charge in [-0.1, -0.05) is 12.1 Å². The molecule has 3 N–H and O–H groups in total. The van der Waals surface area contributed by atoms with Gasteiger partial charge in [-0.3, -0.25) is 4.79 Å². The molecule has 0 radical (unpaired) electrons. The number of benzene rings is 1. The molecule has 2 rings (SSSR count). The van der Waals surface area contributed by atoms with Gasteiger partial charge in [0.05, 0.1) is 18.0 Å². The summed E-state index contributed by atoms with van der Waals surface area (Å²) in [4.78, 5) is 12.1. The molecule has 21 heavy (non-hydrogen) atoms. The molecular formula is C15H20N4O2. The Morgan fingerprint density at radius 3 is 2.90 bits per heavy atom. The number of carbonyl (C=O) groups is 1. The molecule has 6 nitrogen and oxygen atoms in total. The summed E-state index contributed by atoms with van der Waals surface area (Å²) < 4.78 is 6.86. The van der Waals surface area contributed by atoms with Gasteiger partial charge in [0.1, 0.15) is 0 Å². The summed E-state index contributed by atoms with van der Waals surface area (Å²) in [6.45, 7) is 4.91. The van der Waals surface area contributed by atoms with Gasteiger partial charge in [-0.2, -0.15) is 5.10 Å². The number of nitrogens with two attached hydrogens (primary N) is 1. The average Bonchev–Trinajstić information content (AvgIpc) is 2.95. The van der Waals surface area contributed by atoms with E-state index in [9.17, 15) is 4.79 Å². The fourth-order valence-corrected chi connectivity index (χ4v) is 1.91. The Morgan fingerprint density at radius 1 is 1.43 bits per heavy atom. The minimum absolute atomic E-state index is 0.0654. The first-order valence-corrected chi connectivity index (χ1v) is 6.91. The Labute approximate surface area is 123 Å². The second-order valence-corrected chi connectivity index (χ2v) is 4.74. The third-order valence-electron chi connectivity index (χ3n) is 2.95. The van der Waals surface area contributed by atoms with E-state index in [0.717, 1.165) is 5.69 Å². The van der Waals surface area contributed by atoms with Gasteiger partial charge >= 0.3 is 0 Å². The number of carbonyl (C=O) groups excluding carboxylic acids is 1. The van der Waals surface area contributed by atoms with E-state index in [1.54, 1.807) is 23.0 Å². The van der Waals surface area contributed by atoms with Crippen LogP contribution in [0.15, 0.2) is 36.5 Å². The van der Waals surface area contributed by atoms with Crippen LogP contribution in [-0.2, 0) is 4.74 Å². The maximum atomic E-state index is 12.1. The van der Waals surface area contributed by atoms with Crippen molar-refractivity contribution >= 4 is 11.6 Å². The van der Waals surface area contributed by atoms with Crippen molar-refractivity contribution in [1.82, 2.24) is 15.1 Å². The van der Waals surface area contributed by atoms with E-state index in [4.69, 9.17) is 10.5 Å². The van der Waals surface area contributed by atoms with Gasteiger partial charge in [-0.15, -0.1) is 0 Å². The molecule has 2 aromatic rings. The Balaban J connectivity index is 2.06. The van der Waals surface area contributed by atoms with Gasteiger partial charge in [-0.25, -0.2) is 4.68 Å². The highest BCUT2D eigenvalue weighted by Gasteiger charge is 2.13. The van der Waals surface area contributed by atoms with Crippen molar-refractivity contribution in [2.75, 3.05) is 18.9 Å². The molecule has 0 saturated heterocycles. The number of hydrogen-bond donors (Lipinski definition) is 2. The Bertz CT molecular complexity index is 609. The molecule has 1 amide bonds. The van der Waals surface area contributed by atoms with Gasteiger partial charge < -0.3 is 15.8 Å². The summed E-state index contributed by atoms with van der Waals surface area (Å²) in [5.74, 6) is -0.226. The molecule has 1 unspecified atom stereocenters. The summed E-state index contributed by atoms with van der Waals surface area (Å²) >= 11 is 0. The molecule has 1 aromatic carbocycles. The lowest BCUT2D eigenvalue weighted by Crippen LogP contribution is -2.36. The van der Waals surface area contributed by atoms with Crippen molar-refractivity contribution in [1.29, 1.82) is 0 Å². The van der Waals surface area contributed by atoms with Gasteiger partial charge in [0, 0.05) is 18.8 Å². The number of ether oxygens (including phenoxy) is 1. The molecular weight excluding hydrogens is 268 g/mol. The Kier molecular flexibility index (Phi) is 4.94. The minimum Gasteiger partial charge on any atom is -0.397 e. The Hall–Kier alpha value is -2.34. The number of anilines is 1. The van der Waals surface area contributed by atoms with E-state index >= 15 is 0 Å². The maximum Gasteiger partial charge on any atom is 0.272 e. The average molecular weight is 288 g/mol. The number of aromatic nitrogens is 2. The highest BCUT2D eigenvalue weighted by Crippen LogP contribution is 2.15. The van der Waals surface area contributed by atoms with Crippen LogP contribution >= 0.6 is 0 Å². The first-order chi connectivity index (χ1) is 10.1. The van der Waals surface area contributed by atoms with E-state index < -0.39 is 0 Å². The van der Waals surface area contributed by atoms with Crippen LogP contribution in [0.4, 0.5) is 5.69 Å². The lowest BCUT2D eigenvalue weighted by Gasteiger charge is -2.12. The highest BCUT2D eigenvalue weighted by molar-refractivity contribution is 5.92. The maximum absolute atomic E-state index is 12.1. The first kappa shape index (κ1) is 15.1. The lowest BCUT2D eigenvalue weighted by molar-refractivity contribution is 0.0867. The lowest BCUT2D eigenvalue weighted by atomic mass is 10.3. The van der Waals surface area contributed by atoms with Crippen molar-refractivity contribution in [3.8, 4) is 5.69 Å². The van der Waals surface area contributed by atoms with E-state index in [1.165, 1.54) is 0 Å². The molecule has 0 saturated carbocycles. The van der Waals surface area contributed by atoms with E-state index in [1.807, 2.05) is 32.0 Å². The molecule has 0 aliphatic rings. The molecule has 0 fully saturated rings. The number of para-hydroxylation sites is 2. The summed E-state index contributed by atoms with van der Waals surface area (Å²) in [5, 5.41) is 7.10. The van der Waals surface area contributed by atoms with Crippen LogP contribution in [-0.4, -0.2) is 34.9 Å². The molecule has 112 valence electrons. The first-order valence-electron chi connectivity index (χ1n) is 6.91. The van der Waals surface area contributed by atoms with Crippen LogP contribution in [0.2, 0.25) is 0 Å². The second kappa shape index (κ2) is 6.90. The smallest absolute Gasteiger partial charge is 0.272 e. The fourth-order valence-electron chi connectivity index (χ4n) is 1.91. The van der Waals surface area contributed by atoms with Crippen LogP contribution in [0.25, 0.3) is 5.69 Å². The summed E-state index contributed by atoms with van der Waals surface area (Å²) in [7, 11) is 0. The number of hydrogen-bond acceptors (Lipinski definition) is 4. The van der Waals surface area contributed by atoms with Crippen LogP contribution < -0.4 is 11.1 Å². The number of nitrogens with zero attached hydrogens (tertiary/aromatic N) is 2. The number of rotatable bonds is 6. The van der Waals surface area contributed by atoms with Crippen molar-refractivity contribution in [2.45, 2.75) is 19.9 Å². The van der Waals surface area contributed by atoms with Crippen LogP contribution in [0.3, 0.4) is 0 Å². The number of nitrogen functional groups attached to an aromatic ring is 1. The summed E-state index contributed by atoms with van der Waals surface area (Å²) in [6, 6.07) is 8.96. The standard InChI is InChI=1S/C15H20N4O2/c1-3-21-10-11(2)17-15(20)13-8-9-19(18-13)14-7-5-4-6-12(14)16/h4-9,11H,3,10,16H2,1-2H3,(H,17,20). The molecule has 1 atom stereocenters. The van der Waals surface area contributed by atoms with E-state index in [-0.39, 0.29) is 11.9 Å². The Morgan fingerprint density at radius 2 is 2.19 bits per heavy atom. The zero-order chi connectivity index (χ0) is 15.2. The van der Waals surface area contributed by atoms with Crippen molar-refractivity contribution in [3.63, 3.8) is 0 Å². The van der Waals surface area contributed by atoms with Crippen molar-refractivity contribution in [2.24, 2.45) is 0 Å². The summed E-state index contributed by atoms with van der Waals surface area (Å²) in [5.41, 5.74) is 7.60. The third-order valence-corrected chi connectivity index (χ3v) is 2.95. The third kappa shape index (κ3) is 3.82. The largest absolute Gasteiger partial charge is 0.397 e. The molecule has 1 heterocycles. The molecule has 0 spiro atoms. The number of amides is 1. The molecule has 0 aliphatic heterocycles. The van der Waals surface area contributed by atoms with E-state index in [2.05, 4.69) is 10.4 Å².